The molecule has 0 N–H and O–H groups in total. The number of hydrogen-bond donors (Lipinski definition) is 0. The van der Waals surface area contributed by atoms with Crippen molar-refractivity contribution < 1.29 is 0 Å². The molecule has 4 nitrogen and oxygen atoms in total. The first kappa shape index (κ1) is 31.9. The molecule has 0 spiro atoms. The first-order chi connectivity index (χ1) is 27.7. The van der Waals surface area contributed by atoms with Gasteiger partial charge in [-0.25, -0.2) is 15.0 Å². The standard InChI is InChI=1S/C52H32N4/c1-2-8-33(9-3-1)36-10-6-11-39(30-36)46-26-20-40-31-37(18-24-47(40)54-46)38-19-25-48-41(32-38)21-28-49(55-48)44-22-23-45(43-14-5-4-13-42(43)44)50-27-17-35-16-15-34-12-7-29-53-51(34)52(35)56-50/h1-32H. The van der Waals surface area contributed by atoms with Gasteiger partial charge in [0.2, 0.25) is 0 Å². The fraction of sp³-hybridized carbons (Fsp3) is 0. The van der Waals surface area contributed by atoms with Crippen LogP contribution in [0.5, 0.6) is 0 Å². The van der Waals surface area contributed by atoms with Crippen LogP contribution in [0.4, 0.5) is 0 Å². The van der Waals surface area contributed by atoms with Crippen molar-refractivity contribution in [3.05, 3.63) is 194 Å². The molecule has 4 heterocycles. The third kappa shape index (κ3) is 5.55. The minimum absolute atomic E-state index is 0.916. The number of nitrogens with zero attached hydrogens (tertiary/aromatic N) is 4. The molecular weight excluding hydrogens is 681 g/mol. The number of fused-ring (bicyclic) bond motifs is 6. The van der Waals surface area contributed by atoms with Crippen molar-refractivity contribution in [2.24, 2.45) is 0 Å². The number of hydrogen-bond acceptors (Lipinski definition) is 4. The van der Waals surface area contributed by atoms with Crippen LogP contribution in [0.3, 0.4) is 0 Å². The molecule has 0 atom stereocenters. The van der Waals surface area contributed by atoms with E-state index in [1.54, 1.807) is 0 Å². The highest BCUT2D eigenvalue weighted by molar-refractivity contribution is 6.07. The van der Waals surface area contributed by atoms with Crippen molar-refractivity contribution in [1.29, 1.82) is 0 Å². The van der Waals surface area contributed by atoms with Crippen LogP contribution in [0, 0.1) is 0 Å². The zero-order valence-electron chi connectivity index (χ0n) is 30.3. The van der Waals surface area contributed by atoms with Gasteiger partial charge in [0.1, 0.15) is 0 Å². The van der Waals surface area contributed by atoms with Gasteiger partial charge in [-0.3, -0.25) is 4.98 Å². The smallest absolute Gasteiger partial charge is 0.0972 e. The molecule has 7 aromatic carbocycles. The van der Waals surface area contributed by atoms with Crippen LogP contribution in [0.1, 0.15) is 0 Å². The van der Waals surface area contributed by atoms with Gasteiger partial charge in [-0.15, -0.1) is 0 Å². The lowest BCUT2D eigenvalue weighted by Crippen LogP contribution is -1.92. The summed E-state index contributed by atoms with van der Waals surface area (Å²) in [4.78, 5) is 20.1. The lowest BCUT2D eigenvalue weighted by atomic mass is 9.95. The van der Waals surface area contributed by atoms with E-state index >= 15 is 0 Å². The maximum absolute atomic E-state index is 5.19. The van der Waals surface area contributed by atoms with E-state index in [0.717, 1.165) is 99.3 Å². The topological polar surface area (TPSA) is 51.6 Å². The van der Waals surface area contributed by atoms with Crippen molar-refractivity contribution in [2.75, 3.05) is 0 Å². The van der Waals surface area contributed by atoms with Gasteiger partial charge in [-0.05, 0) is 87.6 Å². The van der Waals surface area contributed by atoms with Gasteiger partial charge in [-0.1, -0.05) is 133 Å². The summed E-state index contributed by atoms with van der Waals surface area (Å²) in [5, 5.41) is 6.66. The normalized spacial score (nSPS) is 11.6. The third-order valence-electron chi connectivity index (χ3n) is 10.9. The van der Waals surface area contributed by atoms with Crippen molar-refractivity contribution in [1.82, 2.24) is 19.9 Å². The molecular formula is C52H32N4. The summed E-state index contributed by atoms with van der Waals surface area (Å²) in [6.45, 7) is 0. The minimum atomic E-state index is 0.916. The molecule has 0 fully saturated rings. The van der Waals surface area contributed by atoms with Gasteiger partial charge in [-0.2, -0.15) is 0 Å². The molecule has 0 aliphatic carbocycles. The summed E-state index contributed by atoms with van der Waals surface area (Å²) >= 11 is 0. The van der Waals surface area contributed by atoms with Crippen LogP contribution in [0.15, 0.2) is 194 Å². The van der Waals surface area contributed by atoms with Gasteiger partial charge >= 0.3 is 0 Å². The van der Waals surface area contributed by atoms with E-state index < -0.39 is 0 Å². The van der Waals surface area contributed by atoms with Gasteiger partial charge < -0.3 is 0 Å². The van der Waals surface area contributed by atoms with Crippen LogP contribution >= 0.6 is 0 Å². The van der Waals surface area contributed by atoms with Crippen molar-refractivity contribution >= 4 is 54.4 Å². The van der Waals surface area contributed by atoms with E-state index in [2.05, 4.69) is 181 Å². The fourth-order valence-corrected chi connectivity index (χ4v) is 8.03. The molecule has 260 valence electrons. The summed E-state index contributed by atoms with van der Waals surface area (Å²) < 4.78 is 0. The zero-order valence-corrected chi connectivity index (χ0v) is 30.3. The van der Waals surface area contributed by atoms with Crippen LogP contribution in [0.25, 0.3) is 110 Å². The van der Waals surface area contributed by atoms with Crippen LogP contribution in [-0.4, -0.2) is 19.9 Å². The second-order valence-electron chi connectivity index (χ2n) is 14.3. The fourth-order valence-electron chi connectivity index (χ4n) is 8.03. The molecule has 56 heavy (non-hydrogen) atoms. The Kier molecular flexibility index (Phi) is 7.46. The average Bonchev–Trinajstić information content (AvgIpc) is 3.28. The summed E-state index contributed by atoms with van der Waals surface area (Å²) in [5.41, 5.74) is 14.6. The largest absolute Gasteiger partial charge is 0.254 e. The van der Waals surface area contributed by atoms with Crippen molar-refractivity contribution in [3.63, 3.8) is 0 Å². The molecule has 4 aromatic heterocycles. The summed E-state index contributed by atoms with van der Waals surface area (Å²) in [6, 6.07) is 66.2. The Balaban J connectivity index is 0.909. The molecule has 0 unspecified atom stereocenters. The van der Waals surface area contributed by atoms with Crippen LogP contribution in [-0.2, 0) is 0 Å². The summed E-state index contributed by atoms with van der Waals surface area (Å²) in [6.07, 6.45) is 1.83. The van der Waals surface area contributed by atoms with Crippen LogP contribution in [0.2, 0.25) is 0 Å². The summed E-state index contributed by atoms with van der Waals surface area (Å²) in [7, 11) is 0. The molecule has 0 amide bonds. The minimum Gasteiger partial charge on any atom is -0.254 e. The molecule has 0 aliphatic rings. The third-order valence-corrected chi connectivity index (χ3v) is 10.9. The predicted octanol–water partition coefficient (Wildman–Crippen LogP) is 13.4. The zero-order chi connectivity index (χ0) is 37.0. The van der Waals surface area contributed by atoms with Crippen molar-refractivity contribution in [2.45, 2.75) is 0 Å². The molecule has 0 aliphatic heterocycles. The Morgan fingerprint density at radius 2 is 0.821 bits per heavy atom. The summed E-state index contributed by atoms with van der Waals surface area (Å²) in [5.74, 6) is 0. The Bertz CT molecular complexity index is 3320. The second kappa shape index (κ2) is 13.1. The lowest BCUT2D eigenvalue weighted by molar-refractivity contribution is 1.37. The number of pyridine rings is 4. The Morgan fingerprint density at radius 1 is 0.286 bits per heavy atom. The van der Waals surface area contributed by atoms with Gasteiger partial charge in [0.05, 0.1) is 39.1 Å². The lowest BCUT2D eigenvalue weighted by Gasteiger charge is -2.13. The number of benzene rings is 7. The monoisotopic (exact) mass is 712 g/mol. The number of aromatic nitrogens is 4. The van der Waals surface area contributed by atoms with E-state index in [4.69, 9.17) is 15.0 Å². The van der Waals surface area contributed by atoms with Crippen molar-refractivity contribution in [3.8, 4) is 56.0 Å². The average molecular weight is 713 g/mol. The van der Waals surface area contributed by atoms with E-state index in [9.17, 15) is 0 Å². The Morgan fingerprint density at radius 3 is 1.54 bits per heavy atom. The maximum atomic E-state index is 5.19. The van der Waals surface area contributed by atoms with E-state index in [1.165, 1.54) is 11.1 Å². The first-order valence-corrected chi connectivity index (χ1v) is 18.9. The number of rotatable bonds is 5. The molecule has 11 aromatic rings. The molecule has 0 radical (unpaired) electrons. The highest BCUT2D eigenvalue weighted by atomic mass is 14.8. The maximum Gasteiger partial charge on any atom is 0.0972 e. The highest BCUT2D eigenvalue weighted by Crippen LogP contribution is 2.37. The van der Waals surface area contributed by atoms with Gasteiger partial charge in [0.25, 0.3) is 0 Å². The van der Waals surface area contributed by atoms with E-state index in [-0.39, 0.29) is 0 Å². The second-order valence-corrected chi connectivity index (χ2v) is 14.3. The van der Waals surface area contributed by atoms with Gasteiger partial charge in [0, 0.05) is 44.4 Å². The Hall–Kier alpha value is -7.56. The quantitative estimate of drug-likeness (QED) is 0.167. The van der Waals surface area contributed by atoms with E-state index in [0.29, 0.717) is 0 Å². The molecule has 11 rings (SSSR count). The molecule has 4 heteroatoms. The van der Waals surface area contributed by atoms with E-state index in [1.807, 2.05) is 18.3 Å². The van der Waals surface area contributed by atoms with Crippen LogP contribution < -0.4 is 0 Å². The first-order valence-electron chi connectivity index (χ1n) is 18.9. The molecule has 0 saturated heterocycles. The SMILES string of the molecule is c1ccc(-c2cccc(-c3ccc4cc(-c5ccc6nc(-c7ccc(-c8ccc9ccc%10cccnc%10c9n8)c8ccccc78)ccc6c5)ccc4n3)c2)cc1. The van der Waals surface area contributed by atoms with Gasteiger partial charge in [0.15, 0.2) is 0 Å². The molecule has 0 saturated carbocycles. The molecule has 0 bridgehead atoms. The Labute approximate surface area is 323 Å². The highest BCUT2D eigenvalue weighted by Gasteiger charge is 2.14. The predicted molar refractivity (Wildman–Crippen MR) is 232 cm³/mol.